The zero-order valence-electron chi connectivity index (χ0n) is 18.2. The number of para-hydroxylation sites is 1. The fourth-order valence-corrected chi connectivity index (χ4v) is 4.58. The maximum atomic E-state index is 13.1. The summed E-state index contributed by atoms with van der Waals surface area (Å²) < 4.78 is 11.5. The Balaban J connectivity index is 1.70. The summed E-state index contributed by atoms with van der Waals surface area (Å²) in [7, 11) is 1.50. The number of carbonyl (C=O) groups excluding carboxylic acids is 1. The summed E-state index contributed by atoms with van der Waals surface area (Å²) in [6.07, 6.45) is 0. The van der Waals surface area contributed by atoms with E-state index in [1.54, 1.807) is 30.3 Å². The van der Waals surface area contributed by atoms with Gasteiger partial charge in [0.15, 0.2) is 0 Å². The molecule has 1 atom stereocenters. The van der Waals surface area contributed by atoms with E-state index in [0.717, 1.165) is 21.9 Å². The summed E-state index contributed by atoms with van der Waals surface area (Å²) in [5, 5.41) is 15.5. The first-order chi connectivity index (χ1) is 16.6. The Labute approximate surface area is 201 Å². The third-order valence-electron chi connectivity index (χ3n) is 5.88. The molecule has 166 valence electrons. The van der Waals surface area contributed by atoms with Crippen LogP contribution in [-0.2, 0) is 0 Å². The van der Waals surface area contributed by atoms with Crippen molar-refractivity contribution in [3.63, 3.8) is 0 Å². The van der Waals surface area contributed by atoms with Gasteiger partial charge in [0.1, 0.15) is 23.1 Å². The number of hydrogen-bond donors (Lipinski definition) is 1. The molecule has 0 saturated heterocycles. The van der Waals surface area contributed by atoms with Gasteiger partial charge in [0, 0.05) is 10.6 Å². The Kier molecular flexibility index (Phi) is 5.67. The summed E-state index contributed by atoms with van der Waals surface area (Å²) in [4.78, 5) is 13.1. The number of nitrogens with zero attached hydrogens (tertiary/aromatic N) is 1. The van der Waals surface area contributed by atoms with Crippen molar-refractivity contribution in [1.29, 1.82) is 5.26 Å². The Bertz CT molecular complexity index is 1500. The van der Waals surface area contributed by atoms with Crippen LogP contribution in [0.15, 0.2) is 96.4 Å². The molecule has 4 aromatic rings. The molecule has 0 fully saturated rings. The predicted octanol–water partition coefficient (Wildman–Crippen LogP) is 6.19. The third-order valence-corrected chi connectivity index (χ3v) is 6.22. The number of nitrogens with one attached hydrogen (secondary N) is 1. The fourth-order valence-electron chi connectivity index (χ4n) is 4.33. The minimum atomic E-state index is -0.526. The van der Waals surface area contributed by atoms with Gasteiger partial charge in [-0.05, 0) is 40.6 Å². The predicted molar refractivity (Wildman–Crippen MR) is 131 cm³/mol. The van der Waals surface area contributed by atoms with Gasteiger partial charge < -0.3 is 9.47 Å². The van der Waals surface area contributed by atoms with E-state index in [1.807, 2.05) is 54.6 Å². The minimum absolute atomic E-state index is 0.0751. The molecule has 34 heavy (non-hydrogen) atoms. The van der Waals surface area contributed by atoms with E-state index in [4.69, 9.17) is 21.1 Å². The molecule has 0 aromatic heterocycles. The average molecular weight is 467 g/mol. The van der Waals surface area contributed by atoms with Gasteiger partial charge in [-0.15, -0.1) is 0 Å². The molecule has 0 unspecified atom stereocenters. The highest BCUT2D eigenvalue weighted by atomic mass is 35.5. The van der Waals surface area contributed by atoms with Crippen LogP contribution < -0.4 is 14.8 Å². The molecule has 0 radical (unpaired) electrons. The summed E-state index contributed by atoms with van der Waals surface area (Å²) in [6, 6.07) is 28.3. The van der Waals surface area contributed by atoms with E-state index in [9.17, 15) is 10.1 Å². The number of carbonyl (C=O) groups is 1. The molecule has 0 aliphatic carbocycles. The quantitative estimate of drug-likeness (QED) is 0.389. The molecule has 0 saturated carbocycles. The first kappa shape index (κ1) is 21.6. The number of allylic oxidation sites excluding steroid dienone is 1. The SMILES string of the molecule is COc1ccccc1C(=O)NC1=C(C#N)[C@@H](c2ccccc2Cl)c2c(ccc3ccccc23)O1. The molecule has 4 aromatic carbocycles. The summed E-state index contributed by atoms with van der Waals surface area (Å²) in [5.74, 6) is 0.0804. The van der Waals surface area contributed by atoms with Crippen LogP contribution >= 0.6 is 11.6 Å². The summed E-state index contributed by atoms with van der Waals surface area (Å²) in [6.45, 7) is 0. The number of methoxy groups -OCH3 is 1. The second-order valence-electron chi connectivity index (χ2n) is 7.76. The largest absolute Gasteiger partial charge is 0.496 e. The summed E-state index contributed by atoms with van der Waals surface area (Å²) in [5.41, 5.74) is 2.18. The van der Waals surface area contributed by atoms with E-state index in [0.29, 0.717) is 22.1 Å². The normalized spacial score (nSPS) is 14.7. The lowest BCUT2D eigenvalue weighted by Crippen LogP contribution is -2.31. The van der Waals surface area contributed by atoms with Crippen LogP contribution in [-0.4, -0.2) is 13.0 Å². The van der Waals surface area contributed by atoms with Crippen LogP contribution in [0.25, 0.3) is 10.8 Å². The van der Waals surface area contributed by atoms with E-state index >= 15 is 0 Å². The van der Waals surface area contributed by atoms with E-state index in [1.165, 1.54) is 7.11 Å². The minimum Gasteiger partial charge on any atom is -0.496 e. The Morgan fingerprint density at radius 2 is 1.74 bits per heavy atom. The van der Waals surface area contributed by atoms with Crippen molar-refractivity contribution in [3.8, 4) is 17.6 Å². The van der Waals surface area contributed by atoms with Crippen LogP contribution in [0.2, 0.25) is 5.02 Å². The zero-order valence-corrected chi connectivity index (χ0v) is 19.0. The lowest BCUT2D eigenvalue weighted by molar-refractivity contribution is 0.0944. The number of hydrogen-bond acceptors (Lipinski definition) is 4. The van der Waals surface area contributed by atoms with E-state index in [2.05, 4.69) is 11.4 Å². The molecular weight excluding hydrogens is 448 g/mol. The lowest BCUT2D eigenvalue weighted by atomic mass is 9.81. The average Bonchev–Trinajstić information content (AvgIpc) is 2.88. The van der Waals surface area contributed by atoms with Gasteiger partial charge in [-0.2, -0.15) is 5.26 Å². The number of fused-ring (bicyclic) bond motifs is 3. The lowest BCUT2D eigenvalue weighted by Gasteiger charge is -2.30. The number of halogens is 1. The number of benzene rings is 4. The van der Waals surface area contributed by atoms with Gasteiger partial charge in [0.2, 0.25) is 5.88 Å². The van der Waals surface area contributed by atoms with Gasteiger partial charge in [-0.25, -0.2) is 0 Å². The van der Waals surface area contributed by atoms with Gasteiger partial charge in [-0.1, -0.05) is 72.3 Å². The molecule has 0 spiro atoms. The smallest absolute Gasteiger partial charge is 0.261 e. The van der Waals surface area contributed by atoms with Crippen molar-refractivity contribution < 1.29 is 14.3 Å². The molecular formula is C28H19ClN2O3. The Morgan fingerprint density at radius 1 is 1.00 bits per heavy atom. The van der Waals surface area contributed by atoms with Crippen molar-refractivity contribution in [2.45, 2.75) is 5.92 Å². The highest BCUT2D eigenvalue weighted by Crippen LogP contribution is 2.47. The van der Waals surface area contributed by atoms with Crippen molar-refractivity contribution in [2.75, 3.05) is 7.11 Å². The highest BCUT2D eigenvalue weighted by Gasteiger charge is 2.35. The van der Waals surface area contributed by atoms with Crippen LogP contribution in [0.3, 0.4) is 0 Å². The monoisotopic (exact) mass is 466 g/mol. The Morgan fingerprint density at radius 3 is 2.53 bits per heavy atom. The van der Waals surface area contributed by atoms with Gasteiger partial charge in [-0.3, -0.25) is 10.1 Å². The number of nitriles is 1. The Hall–Kier alpha value is -4.27. The number of amides is 1. The molecule has 5 rings (SSSR count). The third kappa shape index (κ3) is 3.64. The van der Waals surface area contributed by atoms with Crippen molar-refractivity contribution in [2.24, 2.45) is 0 Å². The number of rotatable bonds is 4. The van der Waals surface area contributed by atoms with Gasteiger partial charge in [0.25, 0.3) is 5.91 Å². The molecule has 1 aliphatic rings. The van der Waals surface area contributed by atoms with E-state index in [-0.39, 0.29) is 11.5 Å². The van der Waals surface area contributed by atoms with Crippen LogP contribution in [0.5, 0.6) is 11.5 Å². The zero-order chi connectivity index (χ0) is 23.7. The summed E-state index contributed by atoms with van der Waals surface area (Å²) >= 11 is 6.61. The fraction of sp³-hybridized carbons (Fsp3) is 0.0714. The first-order valence-corrected chi connectivity index (χ1v) is 11.0. The topological polar surface area (TPSA) is 71.3 Å². The van der Waals surface area contributed by atoms with Crippen LogP contribution in [0.4, 0.5) is 0 Å². The number of ether oxygens (including phenoxy) is 2. The van der Waals surface area contributed by atoms with Gasteiger partial charge >= 0.3 is 0 Å². The molecule has 1 amide bonds. The molecule has 0 bridgehead atoms. The van der Waals surface area contributed by atoms with Gasteiger partial charge in [0.05, 0.1) is 18.6 Å². The maximum absolute atomic E-state index is 13.1. The van der Waals surface area contributed by atoms with Crippen molar-refractivity contribution >= 4 is 28.3 Å². The highest BCUT2D eigenvalue weighted by molar-refractivity contribution is 6.31. The molecule has 1 N–H and O–H groups in total. The second kappa shape index (κ2) is 8.93. The first-order valence-electron chi connectivity index (χ1n) is 10.6. The second-order valence-corrected chi connectivity index (χ2v) is 8.17. The van der Waals surface area contributed by atoms with Crippen molar-refractivity contribution in [1.82, 2.24) is 5.32 Å². The standard InChI is InChI=1S/C28H19ClN2O3/c1-33-23-13-7-5-11-20(23)27(32)31-28-21(16-30)25(19-10-4-6-12-22(19)29)26-18-9-3-2-8-17(18)14-15-24(26)34-28/h2-15,25H,1H3,(H,31,32)/t25-/m1/s1. The molecule has 6 heteroatoms. The molecule has 1 heterocycles. The van der Waals surface area contributed by atoms with Crippen LogP contribution in [0, 0.1) is 11.3 Å². The van der Waals surface area contributed by atoms with E-state index < -0.39 is 11.8 Å². The maximum Gasteiger partial charge on any atom is 0.261 e. The molecule has 1 aliphatic heterocycles. The molecule has 5 nitrogen and oxygen atoms in total. The van der Waals surface area contributed by atoms with Crippen LogP contribution in [0.1, 0.15) is 27.4 Å². The van der Waals surface area contributed by atoms with Crippen molar-refractivity contribution in [3.05, 3.63) is 118 Å².